The van der Waals surface area contributed by atoms with Gasteiger partial charge in [-0.25, -0.2) is 4.68 Å². The van der Waals surface area contributed by atoms with Gasteiger partial charge in [-0.1, -0.05) is 0 Å². The van der Waals surface area contributed by atoms with E-state index in [0.717, 1.165) is 24.0 Å². The van der Waals surface area contributed by atoms with Crippen LogP contribution in [0.25, 0.3) is 0 Å². The lowest BCUT2D eigenvalue weighted by molar-refractivity contribution is 0.253. The van der Waals surface area contributed by atoms with Gasteiger partial charge in [-0.2, -0.15) is 5.10 Å². The maximum absolute atomic E-state index is 6.05. The Bertz CT molecular complexity index is 394. The summed E-state index contributed by atoms with van der Waals surface area (Å²) in [5.74, 6) is 0.842. The van der Waals surface area contributed by atoms with Gasteiger partial charge in [0.25, 0.3) is 0 Å². The van der Waals surface area contributed by atoms with Gasteiger partial charge in [0.1, 0.15) is 5.82 Å². The maximum Gasteiger partial charge on any atom is 0.124 e. The average Bonchev–Trinajstić information content (AvgIpc) is 2.95. The van der Waals surface area contributed by atoms with Gasteiger partial charge >= 0.3 is 0 Å². The van der Waals surface area contributed by atoms with Crippen molar-refractivity contribution in [3.05, 3.63) is 11.8 Å². The quantitative estimate of drug-likeness (QED) is 0.823. The molecule has 2 fully saturated rings. The number of likely N-dealkylation sites (tertiary alicyclic amines) is 1. The molecule has 0 amide bonds. The van der Waals surface area contributed by atoms with Crippen LogP contribution in [-0.2, 0) is 0 Å². The Hall–Kier alpha value is -1.03. The summed E-state index contributed by atoms with van der Waals surface area (Å²) in [6, 6.07) is 2.00. The first-order valence-electron chi connectivity index (χ1n) is 6.22. The first-order valence-corrected chi connectivity index (χ1v) is 6.22. The molecule has 2 aliphatic rings. The van der Waals surface area contributed by atoms with Gasteiger partial charge in [-0.15, -0.1) is 0 Å². The minimum absolute atomic E-state index is 0.476. The number of anilines is 1. The van der Waals surface area contributed by atoms with E-state index in [2.05, 4.69) is 16.9 Å². The molecule has 0 spiro atoms. The fourth-order valence-electron chi connectivity index (χ4n) is 2.87. The predicted octanol–water partition coefficient (Wildman–Crippen LogP) is 1.57. The highest BCUT2D eigenvalue weighted by Crippen LogP contribution is 2.37. The van der Waals surface area contributed by atoms with Crippen molar-refractivity contribution >= 4 is 5.82 Å². The van der Waals surface area contributed by atoms with E-state index >= 15 is 0 Å². The number of hydrogen-bond donors (Lipinski definition) is 1. The van der Waals surface area contributed by atoms with Gasteiger partial charge < -0.3 is 5.73 Å². The van der Waals surface area contributed by atoms with Crippen molar-refractivity contribution in [2.75, 3.05) is 12.3 Å². The van der Waals surface area contributed by atoms with Crippen LogP contribution in [0.5, 0.6) is 0 Å². The van der Waals surface area contributed by atoms with Crippen LogP contribution in [0.2, 0.25) is 0 Å². The van der Waals surface area contributed by atoms with Gasteiger partial charge in [0, 0.05) is 24.2 Å². The topological polar surface area (TPSA) is 47.1 Å². The molecule has 1 saturated carbocycles. The number of nitrogen functional groups attached to an aromatic ring is 1. The van der Waals surface area contributed by atoms with Crippen molar-refractivity contribution in [1.29, 1.82) is 0 Å². The largest absolute Gasteiger partial charge is 0.384 e. The first kappa shape index (κ1) is 10.1. The van der Waals surface area contributed by atoms with Crippen LogP contribution < -0.4 is 5.73 Å². The molecule has 2 heterocycles. The zero-order chi connectivity index (χ0) is 11.3. The van der Waals surface area contributed by atoms with E-state index in [4.69, 9.17) is 5.73 Å². The maximum atomic E-state index is 6.05. The molecule has 2 unspecified atom stereocenters. The highest BCUT2D eigenvalue weighted by Gasteiger charge is 2.39. The van der Waals surface area contributed by atoms with Crippen molar-refractivity contribution in [2.45, 2.75) is 51.2 Å². The summed E-state index contributed by atoms with van der Waals surface area (Å²) in [5.41, 5.74) is 7.14. The number of nitrogens with two attached hydrogens (primary N) is 1. The second-order valence-corrected chi connectivity index (χ2v) is 5.32. The number of aryl methyl sites for hydroxylation is 1. The van der Waals surface area contributed by atoms with Crippen LogP contribution in [0, 0.1) is 6.92 Å². The molecule has 88 valence electrons. The molecule has 1 saturated heterocycles. The smallest absolute Gasteiger partial charge is 0.124 e. The molecule has 1 aromatic heterocycles. The SMILES string of the molecule is Cc1cnn(C2CC(C)N(C3CC3)C2)c1N. The van der Waals surface area contributed by atoms with E-state index in [0.29, 0.717) is 12.1 Å². The Balaban J connectivity index is 1.79. The second-order valence-electron chi connectivity index (χ2n) is 5.32. The van der Waals surface area contributed by atoms with Crippen LogP contribution in [0.15, 0.2) is 6.20 Å². The van der Waals surface area contributed by atoms with Crippen LogP contribution in [0.1, 0.15) is 37.8 Å². The van der Waals surface area contributed by atoms with Crippen LogP contribution in [0.3, 0.4) is 0 Å². The molecule has 2 N–H and O–H groups in total. The molecule has 4 nitrogen and oxygen atoms in total. The van der Waals surface area contributed by atoms with E-state index in [9.17, 15) is 0 Å². The van der Waals surface area contributed by atoms with E-state index < -0.39 is 0 Å². The monoisotopic (exact) mass is 220 g/mol. The Kier molecular flexibility index (Phi) is 2.21. The zero-order valence-corrected chi connectivity index (χ0v) is 10.1. The number of nitrogens with zero attached hydrogens (tertiary/aromatic N) is 3. The van der Waals surface area contributed by atoms with Crippen LogP contribution in [-0.4, -0.2) is 33.3 Å². The third-order valence-electron chi connectivity index (χ3n) is 3.99. The first-order chi connectivity index (χ1) is 7.66. The van der Waals surface area contributed by atoms with Crippen molar-refractivity contribution in [1.82, 2.24) is 14.7 Å². The number of rotatable bonds is 2. The Morgan fingerprint density at radius 2 is 2.12 bits per heavy atom. The summed E-state index contributed by atoms with van der Waals surface area (Å²) in [5, 5.41) is 4.41. The standard InChI is InChI=1S/C12H20N4/c1-8-6-14-16(12(8)13)11-5-9(2)15(7-11)10-3-4-10/h6,9-11H,3-5,7,13H2,1-2H3. The summed E-state index contributed by atoms with van der Waals surface area (Å²) in [7, 11) is 0. The summed E-state index contributed by atoms with van der Waals surface area (Å²) in [6.07, 6.45) is 5.82. The molecule has 16 heavy (non-hydrogen) atoms. The fourth-order valence-corrected chi connectivity index (χ4v) is 2.87. The molecule has 1 aliphatic heterocycles. The van der Waals surface area contributed by atoms with Gasteiger partial charge in [0.2, 0.25) is 0 Å². The molecule has 2 atom stereocenters. The molecule has 1 aromatic rings. The summed E-state index contributed by atoms with van der Waals surface area (Å²) >= 11 is 0. The Labute approximate surface area is 96.4 Å². The molecule has 0 radical (unpaired) electrons. The minimum atomic E-state index is 0.476. The van der Waals surface area contributed by atoms with Crippen molar-refractivity contribution in [3.8, 4) is 0 Å². The number of hydrogen-bond acceptors (Lipinski definition) is 3. The van der Waals surface area contributed by atoms with E-state index in [1.54, 1.807) is 0 Å². The minimum Gasteiger partial charge on any atom is -0.384 e. The lowest BCUT2D eigenvalue weighted by atomic mass is 10.2. The molecule has 3 rings (SSSR count). The summed E-state index contributed by atoms with van der Waals surface area (Å²) in [4.78, 5) is 2.63. The normalized spacial score (nSPS) is 31.1. The molecule has 1 aliphatic carbocycles. The van der Waals surface area contributed by atoms with Crippen LogP contribution >= 0.6 is 0 Å². The molecule has 4 heteroatoms. The summed E-state index contributed by atoms with van der Waals surface area (Å²) in [6.45, 7) is 5.47. The van der Waals surface area contributed by atoms with E-state index in [1.807, 2.05) is 17.8 Å². The third kappa shape index (κ3) is 1.52. The van der Waals surface area contributed by atoms with Crippen LogP contribution in [0.4, 0.5) is 5.82 Å². The van der Waals surface area contributed by atoms with Gasteiger partial charge in [-0.05, 0) is 33.1 Å². The molecule has 0 bridgehead atoms. The van der Waals surface area contributed by atoms with Gasteiger partial charge in [0.15, 0.2) is 0 Å². The Morgan fingerprint density at radius 1 is 1.38 bits per heavy atom. The number of aromatic nitrogens is 2. The van der Waals surface area contributed by atoms with Crippen molar-refractivity contribution < 1.29 is 0 Å². The second kappa shape index (κ2) is 3.48. The third-order valence-corrected chi connectivity index (χ3v) is 3.99. The van der Waals surface area contributed by atoms with Gasteiger partial charge in [-0.3, -0.25) is 4.90 Å². The highest BCUT2D eigenvalue weighted by molar-refractivity contribution is 5.37. The Morgan fingerprint density at radius 3 is 2.69 bits per heavy atom. The zero-order valence-electron chi connectivity index (χ0n) is 10.1. The molecular formula is C12H20N4. The van der Waals surface area contributed by atoms with Gasteiger partial charge in [0.05, 0.1) is 12.2 Å². The molecule has 0 aromatic carbocycles. The van der Waals surface area contributed by atoms with E-state index in [-0.39, 0.29) is 0 Å². The van der Waals surface area contributed by atoms with E-state index in [1.165, 1.54) is 19.3 Å². The highest BCUT2D eigenvalue weighted by atomic mass is 15.4. The lowest BCUT2D eigenvalue weighted by Gasteiger charge is -2.19. The van der Waals surface area contributed by atoms with Crippen molar-refractivity contribution in [2.24, 2.45) is 0 Å². The lowest BCUT2D eigenvalue weighted by Crippen LogP contribution is -2.29. The van der Waals surface area contributed by atoms with Crippen molar-refractivity contribution in [3.63, 3.8) is 0 Å². The predicted molar refractivity (Wildman–Crippen MR) is 64.2 cm³/mol. The fraction of sp³-hybridized carbons (Fsp3) is 0.750. The average molecular weight is 220 g/mol. The summed E-state index contributed by atoms with van der Waals surface area (Å²) < 4.78 is 2.02. The molecular weight excluding hydrogens is 200 g/mol.